The van der Waals surface area contributed by atoms with Crippen LogP contribution in [-0.4, -0.2) is 0 Å². The van der Waals surface area contributed by atoms with Gasteiger partial charge in [0, 0.05) is 16.9 Å². The molecule has 10 aromatic carbocycles. The molecule has 0 saturated heterocycles. The summed E-state index contributed by atoms with van der Waals surface area (Å²) < 4.78 is 0. The number of anilines is 3. The summed E-state index contributed by atoms with van der Waals surface area (Å²) in [5.74, 6) is 0. The van der Waals surface area contributed by atoms with Crippen LogP contribution in [0.2, 0.25) is 0 Å². The maximum absolute atomic E-state index is 2.48. The SMILES string of the molecule is CC(C)(C)c1ccc(-c2ccc(N(c3ccc4c(c3)-c3ccccc3C4(c3ccccc3)c3ccccc3)c3ccc4ccccc4c3-c3cccc(-c4ccccc4)c3)cc2)cc1. The first kappa shape index (κ1) is 39.1. The number of hydrogen-bond acceptors (Lipinski definition) is 1. The van der Waals surface area contributed by atoms with E-state index in [2.05, 4.69) is 268 Å². The highest BCUT2D eigenvalue weighted by atomic mass is 15.1. The van der Waals surface area contributed by atoms with Crippen molar-refractivity contribution in [3.8, 4) is 44.5 Å². The van der Waals surface area contributed by atoms with Gasteiger partial charge in [-0.3, -0.25) is 0 Å². The molecule has 0 aromatic heterocycles. The van der Waals surface area contributed by atoms with Crippen molar-refractivity contribution < 1.29 is 0 Å². The summed E-state index contributed by atoms with van der Waals surface area (Å²) in [4.78, 5) is 2.48. The van der Waals surface area contributed by atoms with E-state index in [9.17, 15) is 0 Å². The molecular weight excluding hydrogens is 771 g/mol. The van der Waals surface area contributed by atoms with Gasteiger partial charge >= 0.3 is 0 Å². The third-order valence-electron chi connectivity index (χ3n) is 13.3. The Hall–Kier alpha value is -7.74. The summed E-state index contributed by atoms with van der Waals surface area (Å²) >= 11 is 0. The Morgan fingerprint density at radius 3 is 1.58 bits per heavy atom. The fourth-order valence-electron chi connectivity index (χ4n) is 10.2. The van der Waals surface area contributed by atoms with E-state index in [4.69, 9.17) is 0 Å². The molecule has 0 fully saturated rings. The minimum atomic E-state index is -0.478. The Balaban J connectivity index is 1.15. The summed E-state index contributed by atoms with van der Waals surface area (Å²) in [5, 5.41) is 2.42. The van der Waals surface area contributed by atoms with E-state index in [0.29, 0.717) is 0 Å². The maximum atomic E-state index is 2.48. The van der Waals surface area contributed by atoms with Gasteiger partial charge in [0.2, 0.25) is 0 Å². The molecule has 0 saturated carbocycles. The van der Waals surface area contributed by atoms with Gasteiger partial charge in [-0.1, -0.05) is 227 Å². The van der Waals surface area contributed by atoms with Gasteiger partial charge in [0.1, 0.15) is 0 Å². The van der Waals surface area contributed by atoms with Crippen LogP contribution >= 0.6 is 0 Å². The molecule has 0 amide bonds. The highest BCUT2D eigenvalue weighted by Gasteiger charge is 2.46. The molecule has 1 aliphatic carbocycles. The summed E-state index contributed by atoms with van der Waals surface area (Å²) in [6.45, 7) is 6.81. The van der Waals surface area contributed by atoms with Crippen LogP contribution in [0.25, 0.3) is 55.3 Å². The van der Waals surface area contributed by atoms with Crippen molar-refractivity contribution >= 4 is 27.8 Å². The second-order valence-electron chi connectivity index (χ2n) is 18.1. The molecule has 64 heavy (non-hydrogen) atoms. The molecule has 0 aliphatic heterocycles. The van der Waals surface area contributed by atoms with Gasteiger partial charge in [0.15, 0.2) is 0 Å². The molecule has 0 unspecified atom stereocenters. The zero-order chi connectivity index (χ0) is 43.3. The molecule has 10 aromatic rings. The van der Waals surface area contributed by atoms with E-state index >= 15 is 0 Å². The minimum Gasteiger partial charge on any atom is -0.310 e. The highest BCUT2D eigenvalue weighted by Crippen LogP contribution is 2.57. The van der Waals surface area contributed by atoms with Crippen molar-refractivity contribution in [2.45, 2.75) is 31.6 Å². The predicted octanol–water partition coefficient (Wildman–Crippen LogP) is 17.0. The minimum absolute atomic E-state index is 0.0965. The van der Waals surface area contributed by atoms with Crippen LogP contribution < -0.4 is 4.90 Å². The van der Waals surface area contributed by atoms with Gasteiger partial charge in [-0.2, -0.15) is 0 Å². The quantitative estimate of drug-likeness (QED) is 0.148. The van der Waals surface area contributed by atoms with Crippen LogP contribution in [-0.2, 0) is 10.8 Å². The number of benzene rings is 10. The van der Waals surface area contributed by atoms with Crippen LogP contribution in [0.15, 0.2) is 243 Å². The lowest BCUT2D eigenvalue weighted by molar-refractivity contribution is 0.590. The molecule has 306 valence electrons. The van der Waals surface area contributed by atoms with E-state index in [1.807, 2.05) is 0 Å². The maximum Gasteiger partial charge on any atom is 0.0713 e. The third kappa shape index (κ3) is 6.64. The van der Waals surface area contributed by atoms with Crippen LogP contribution in [0.1, 0.15) is 48.6 Å². The molecule has 1 heteroatoms. The summed E-state index contributed by atoms with van der Waals surface area (Å²) in [6.07, 6.45) is 0. The van der Waals surface area contributed by atoms with Crippen LogP contribution in [0.3, 0.4) is 0 Å². The molecule has 0 N–H and O–H groups in total. The largest absolute Gasteiger partial charge is 0.310 e. The monoisotopic (exact) mass is 819 g/mol. The Labute approximate surface area is 377 Å². The van der Waals surface area contributed by atoms with E-state index in [1.165, 1.54) is 83.1 Å². The lowest BCUT2D eigenvalue weighted by atomic mass is 9.68. The first-order valence-corrected chi connectivity index (χ1v) is 22.4. The lowest BCUT2D eigenvalue weighted by Crippen LogP contribution is -2.28. The Kier molecular flexibility index (Phi) is 9.70. The van der Waals surface area contributed by atoms with Gasteiger partial charge in [0.05, 0.1) is 11.1 Å². The zero-order valence-corrected chi connectivity index (χ0v) is 36.5. The van der Waals surface area contributed by atoms with Crippen molar-refractivity contribution in [1.82, 2.24) is 0 Å². The lowest BCUT2D eigenvalue weighted by Gasteiger charge is -2.34. The molecule has 0 atom stereocenters. The van der Waals surface area contributed by atoms with Crippen molar-refractivity contribution in [1.29, 1.82) is 0 Å². The summed E-state index contributed by atoms with van der Waals surface area (Å²) in [6, 6.07) is 89.7. The summed E-state index contributed by atoms with van der Waals surface area (Å²) in [7, 11) is 0. The van der Waals surface area contributed by atoms with Gasteiger partial charge in [-0.15, -0.1) is 0 Å². The molecule has 0 bridgehead atoms. The van der Waals surface area contributed by atoms with Gasteiger partial charge in [0.25, 0.3) is 0 Å². The highest BCUT2D eigenvalue weighted by molar-refractivity contribution is 6.06. The zero-order valence-electron chi connectivity index (χ0n) is 36.5. The molecule has 1 aliphatic rings. The van der Waals surface area contributed by atoms with Crippen LogP contribution in [0, 0.1) is 0 Å². The Morgan fingerprint density at radius 2 is 0.891 bits per heavy atom. The van der Waals surface area contributed by atoms with E-state index in [-0.39, 0.29) is 5.41 Å². The Bertz CT molecular complexity index is 3230. The standard InChI is InChI=1S/C63H49N/c1-62(2,3)50-35-30-45(31-36-50)46-32-37-53(38-33-46)64(60-41-34-47-20-13-14-27-55(47)61(60)49-22-17-21-48(42-49)44-18-7-4-8-19-44)54-39-40-59-57(43-54)56-28-15-16-29-58(56)63(59,51-23-9-5-10-24-51)52-25-11-6-12-26-52/h4-43H,1-3H3. The number of fused-ring (bicyclic) bond motifs is 4. The number of nitrogens with zero attached hydrogens (tertiary/aromatic N) is 1. The fraction of sp³-hybridized carbons (Fsp3) is 0.0794. The van der Waals surface area contributed by atoms with Crippen LogP contribution in [0.4, 0.5) is 17.1 Å². The Morgan fingerprint density at radius 1 is 0.359 bits per heavy atom. The topological polar surface area (TPSA) is 3.24 Å². The molecule has 1 nitrogen and oxygen atoms in total. The van der Waals surface area contributed by atoms with E-state index in [1.54, 1.807) is 0 Å². The summed E-state index contributed by atoms with van der Waals surface area (Å²) in [5.41, 5.74) is 19.1. The molecular formula is C63H49N. The van der Waals surface area contributed by atoms with Crippen molar-refractivity contribution in [3.05, 3.63) is 270 Å². The fourth-order valence-corrected chi connectivity index (χ4v) is 10.2. The van der Waals surface area contributed by atoms with Gasteiger partial charge < -0.3 is 4.90 Å². The van der Waals surface area contributed by atoms with Crippen molar-refractivity contribution in [2.75, 3.05) is 4.90 Å². The number of rotatable bonds is 8. The van der Waals surface area contributed by atoms with Crippen LogP contribution in [0.5, 0.6) is 0 Å². The first-order valence-electron chi connectivity index (χ1n) is 22.4. The van der Waals surface area contributed by atoms with E-state index in [0.717, 1.165) is 17.1 Å². The molecule has 11 rings (SSSR count). The normalized spacial score (nSPS) is 12.7. The van der Waals surface area contributed by atoms with Gasteiger partial charge in [-0.05, 0) is 119 Å². The predicted molar refractivity (Wildman–Crippen MR) is 271 cm³/mol. The van der Waals surface area contributed by atoms with Gasteiger partial charge in [-0.25, -0.2) is 0 Å². The third-order valence-corrected chi connectivity index (χ3v) is 13.3. The smallest absolute Gasteiger partial charge is 0.0713 e. The molecule has 0 heterocycles. The average molecular weight is 820 g/mol. The number of hydrogen-bond donors (Lipinski definition) is 0. The first-order chi connectivity index (χ1) is 31.4. The molecule has 0 spiro atoms. The van der Waals surface area contributed by atoms with Crippen molar-refractivity contribution in [2.24, 2.45) is 0 Å². The van der Waals surface area contributed by atoms with Crippen molar-refractivity contribution in [3.63, 3.8) is 0 Å². The van der Waals surface area contributed by atoms with E-state index < -0.39 is 5.41 Å². The second-order valence-corrected chi connectivity index (χ2v) is 18.1. The average Bonchev–Trinajstić information content (AvgIpc) is 3.65. The molecule has 0 radical (unpaired) electrons. The second kappa shape index (κ2) is 15.9.